The molecule has 9 nitrogen and oxygen atoms in total. The highest BCUT2D eigenvalue weighted by molar-refractivity contribution is 6.10. The molecule has 4 aromatic carbocycles. The van der Waals surface area contributed by atoms with Gasteiger partial charge in [0.15, 0.2) is 6.29 Å². The molecule has 1 saturated heterocycles. The lowest BCUT2D eigenvalue weighted by atomic mass is 9.97. The normalized spacial score (nSPS) is 14.3. The van der Waals surface area contributed by atoms with Gasteiger partial charge in [-0.2, -0.15) is 0 Å². The molecule has 1 unspecified atom stereocenters. The van der Waals surface area contributed by atoms with E-state index < -0.39 is 6.23 Å². The highest BCUT2D eigenvalue weighted by atomic mass is 16.5. The Morgan fingerprint density at radius 1 is 0.889 bits per heavy atom. The molecule has 0 radical (unpaired) electrons. The average Bonchev–Trinajstić information content (AvgIpc) is 3.07. The molecule has 232 valence electrons. The lowest BCUT2D eigenvalue weighted by Crippen LogP contribution is -2.51. The van der Waals surface area contributed by atoms with Crippen LogP contribution in [0.5, 0.6) is 11.5 Å². The van der Waals surface area contributed by atoms with Crippen LogP contribution in [0.3, 0.4) is 0 Å². The van der Waals surface area contributed by atoms with Crippen molar-refractivity contribution in [3.05, 3.63) is 108 Å². The quantitative estimate of drug-likeness (QED) is 0.244. The van der Waals surface area contributed by atoms with Gasteiger partial charge in [-0.05, 0) is 61.5 Å². The van der Waals surface area contributed by atoms with Gasteiger partial charge in [-0.3, -0.25) is 19.3 Å². The minimum Gasteiger partial charge on any atom is -0.495 e. The van der Waals surface area contributed by atoms with Crippen molar-refractivity contribution in [3.63, 3.8) is 0 Å². The molecule has 1 aliphatic rings. The van der Waals surface area contributed by atoms with Crippen LogP contribution in [0.4, 0.5) is 11.4 Å². The average molecular weight is 607 g/mol. The van der Waals surface area contributed by atoms with E-state index >= 15 is 0 Å². The number of benzene rings is 4. The largest absolute Gasteiger partial charge is 0.495 e. The van der Waals surface area contributed by atoms with E-state index in [2.05, 4.69) is 10.2 Å². The molecule has 1 atom stereocenters. The second kappa shape index (κ2) is 14.2. The zero-order chi connectivity index (χ0) is 31.9. The summed E-state index contributed by atoms with van der Waals surface area (Å²) < 4.78 is 11.8. The summed E-state index contributed by atoms with van der Waals surface area (Å²) in [7, 11) is 5.19. The molecule has 0 bridgehead atoms. The number of rotatable bonds is 10. The first-order chi connectivity index (χ1) is 21.8. The van der Waals surface area contributed by atoms with E-state index in [1.807, 2.05) is 73.5 Å². The summed E-state index contributed by atoms with van der Waals surface area (Å²) in [6.45, 7) is 5.03. The van der Waals surface area contributed by atoms with E-state index in [4.69, 9.17) is 9.47 Å². The first kappa shape index (κ1) is 31.4. The fourth-order valence-electron chi connectivity index (χ4n) is 5.36. The first-order valence-corrected chi connectivity index (χ1v) is 14.9. The maximum atomic E-state index is 13.7. The van der Waals surface area contributed by atoms with Gasteiger partial charge in [0.1, 0.15) is 11.5 Å². The molecule has 1 heterocycles. The van der Waals surface area contributed by atoms with Gasteiger partial charge in [-0.25, -0.2) is 0 Å². The Morgan fingerprint density at radius 3 is 2.31 bits per heavy atom. The number of aldehydes is 1. The zero-order valence-corrected chi connectivity index (χ0v) is 26.0. The van der Waals surface area contributed by atoms with E-state index in [0.717, 1.165) is 36.1 Å². The molecule has 2 amide bonds. The van der Waals surface area contributed by atoms with Gasteiger partial charge in [-0.1, -0.05) is 60.2 Å². The molecule has 1 fully saturated rings. The maximum Gasteiger partial charge on any atom is 0.258 e. The van der Waals surface area contributed by atoms with Gasteiger partial charge in [0, 0.05) is 44.4 Å². The van der Waals surface area contributed by atoms with Crippen molar-refractivity contribution in [3.8, 4) is 22.6 Å². The number of likely N-dealkylation sites (N-methyl/N-ethyl adjacent to an activating group) is 1. The van der Waals surface area contributed by atoms with E-state index in [0.29, 0.717) is 47.1 Å². The number of hydrogen-bond acceptors (Lipinski definition) is 7. The van der Waals surface area contributed by atoms with Crippen molar-refractivity contribution in [2.75, 3.05) is 57.6 Å². The number of methoxy groups -OCH3 is 1. The van der Waals surface area contributed by atoms with Crippen LogP contribution in [0, 0.1) is 6.92 Å². The first-order valence-electron chi connectivity index (χ1n) is 14.9. The predicted octanol–water partition coefficient (Wildman–Crippen LogP) is 5.35. The summed E-state index contributed by atoms with van der Waals surface area (Å²) >= 11 is 0. The van der Waals surface area contributed by atoms with Crippen molar-refractivity contribution in [2.45, 2.75) is 13.2 Å². The number of nitrogens with one attached hydrogen (secondary N) is 1. The summed E-state index contributed by atoms with van der Waals surface area (Å²) in [5.74, 6) is 0.169. The minimum atomic E-state index is -0.762. The Bertz CT molecular complexity index is 1670. The lowest BCUT2D eigenvalue weighted by molar-refractivity contribution is -0.123. The monoisotopic (exact) mass is 606 g/mol. The molecule has 0 saturated carbocycles. The molecule has 1 aliphatic heterocycles. The van der Waals surface area contributed by atoms with E-state index in [1.165, 1.54) is 12.0 Å². The summed E-state index contributed by atoms with van der Waals surface area (Å²) in [5, 5.41) is 2.96. The summed E-state index contributed by atoms with van der Waals surface area (Å²) in [6.07, 6.45) is 0.0311. The van der Waals surface area contributed by atoms with E-state index in [-0.39, 0.29) is 11.8 Å². The predicted molar refractivity (Wildman–Crippen MR) is 176 cm³/mol. The van der Waals surface area contributed by atoms with Crippen molar-refractivity contribution in [2.24, 2.45) is 0 Å². The third kappa shape index (κ3) is 7.22. The zero-order valence-electron chi connectivity index (χ0n) is 26.0. The fraction of sp³-hybridized carbons (Fsp3) is 0.250. The van der Waals surface area contributed by atoms with Crippen LogP contribution in [0.25, 0.3) is 11.1 Å². The van der Waals surface area contributed by atoms with Crippen molar-refractivity contribution in [1.29, 1.82) is 0 Å². The highest BCUT2D eigenvalue weighted by Gasteiger charge is 2.26. The van der Waals surface area contributed by atoms with Crippen molar-refractivity contribution >= 4 is 29.5 Å². The highest BCUT2D eigenvalue weighted by Crippen LogP contribution is 2.32. The van der Waals surface area contributed by atoms with Crippen LogP contribution in [-0.2, 0) is 4.79 Å². The standard InChI is InChI=1S/C36H38N4O5/c1-25-14-16-28(26-10-6-5-7-11-26)29(22-25)35(42)37-30-17-15-27(23-33(30)44-4)36(43)39(3)31-12-8-9-13-32(31)45-34(24-41)40-20-18-38(2)19-21-40/h5-17,22-24,34H,18-21H2,1-4H3,(H,37,42). The minimum absolute atomic E-state index is 0.289. The number of anilines is 2. The van der Waals surface area contributed by atoms with Crippen LogP contribution in [0.1, 0.15) is 26.3 Å². The Labute approximate surface area is 264 Å². The molecule has 5 rings (SSSR count). The number of carbonyl (C=O) groups excluding carboxylic acids is 3. The van der Waals surface area contributed by atoms with Gasteiger partial charge < -0.3 is 24.6 Å². The van der Waals surface area contributed by atoms with Gasteiger partial charge in [0.25, 0.3) is 11.8 Å². The second-order valence-electron chi connectivity index (χ2n) is 11.1. The Morgan fingerprint density at radius 2 is 1.60 bits per heavy atom. The molecule has 9 heteroatoms. The van der Waals surface area contributed by atoms with E-state index in [1.54, 1.807) is 43.4 Å². The molecule has 0 spiro atoms. The second-order valence-corrected chi connectivity index (χ2v) is 11.1. The molecule has 1 N–H and O–H groups in total. The summed E-state index contributed by atoms with van der Waals surface area (Å²) in [4.78, 5) is 44.9. The van der Waals surface area contributed by atoms with Crippen LogP contribution >= 0.6 is 0 Å². The van der Waals surface area contributed by atoms with Crippen LogP contribution < -0.4 is 19.7 Å². The molecular formula is C36H38N4O5. The number of nitrogens with zero attached hydrogens (tertiary/aromatic N) is 3. The number of aryl methyl sites for hydroxylation is 1. The summed E-state index contributed by atoms with van der Waals surface area (Å²) in [6, 6.07) is 27.6. The molecule has 45 heavy (non-hydrogen) atoms. The van der Waals surface area contributed by atoms with Crippen LogP contribution in [-0.4, -0.2) is 81.5 Å². The molecule has 4 aromatic rings. The van der Waals surface area contributed by atoms with Crippen LogP contribution in [0.15, 0.2) is 91.0 Å². The number of carbonyl (C=O) groups is 3. The van der Waals surface area contributed by atoms with Crippen molar-refractivity contribution in [1.82, 2.24) is 9.80 Å². The number of ether oxygens (including phenoxy) is 2. The van der Waals surface area contributed by atoms with Gasteiger partial charge in [0.2, 0.25) is 6.23 Å². The third-order valence-corrected chi connectivity index (χ3v) is 7.99. The molecule has 0 aliphatic carbocycles. The van der Waals surface area contributed by atoms with Gasteiger partial charge >= 0.3 is 0 Å². The fourth-order valence-corrected chi connectivity index (χ4v) is 5.36. The van der Waals surface area contributed by atoms with E-state index in [9.17, 15) is 14.4 Å². The van der Waals surface area contributed by atoms with Gasteiger partial charge in [0.05, 0.1) is 18.5 Å². The Hall–Kier alpha value is -4.99. The van der Waals surface area contributed by atoms with Crippen LogP contribution in [0.2, 0.25) is 0 Å². The number of hydrogen-bond donors (Lipinski definition) is 1. The maximum absolute atomic E-state index is 13.7. The van der Waals surface area contributed by atoms with Crippen molar-refractivity contribution < 1.29 is 23.9 Å². The number of amides is 2. The SMILES string of the molecule is COc1cc(C(=O)N(C)c2ccccc2OC(C=O)N2CCN(C)CC2)ccc1NC(=O)c1cc(C)ccc1-c1ccccc1. The summed E-state index contributed by atoms with van der Waals surface area (Å²) in [5.41, 5.74) is 4.56. The third-order valence-electron chi connectivity index (χ3n) is 7.99. The topological polar surface area (TPSA) is 91.4 Å². The van der Waals surface area contributed by atoms with Gasteiger partial charge in [-0.15, -0.1) is 0 Å². The number of para-hydroxylation sites is 2. The Kier molecular flexibility index (Phi) is 9.92. The smallest absolute Gasteiger partial charge is 0.258 e. The number of piperazine rings is 1. The Balaban J connectivity index is 1.35. The molecular weight excluding hydrogens is 568 g/mol. The molecule has 0 aromatic heterocycles. The lowest BCUT2D eigenvalue weighted by Gasteiger charge is -2.35.